The molecular formula is C19H20IN3O6. The van der Waals surface area contributed by atoms with Crippen molar-refractivity contribution in [2.45, 2.75) is 0 Å². The first-order valence-corrected chi connectivity index (χ1v) is 9.31. The van der Waals surface area contributed by atoms with Crippen molar-refractivity contribution in [2.75, 3.05) is 27.9 Å². The maximum absolute atomic E-state index is 12.3. The fraction of sp³-hybridized carbons (Fsp3) is 0.211. The zero-order valence-corrected chi connectivity index (χ0v) is 18.2. The van der Waals surface area contributed by atoms with Crippen LogP contribution in [0.4, 0.5) is 0 Å². The van der Waals surface area contributed by atoms with E-state index in [2.05, 4.69) is 10.5 Å². The fourth-order valence-corrected chi connectivity index (χ4v) is 3.09. The topological polar surface area (TPSA) is 121 Å². The number of rotatable bonds is 9. The van der Waals surface area contributed by atoms with Gasteiger partial charge in [0.05, 0.1) is 31.1 Å². The third kappa shape index (κ3) is 5.98. The van der Waals surface area contributed by atoms with E-state index >= 15 is 0 Å². The van der Waals surface area contributed by atoms with Gasteiger partial charge in [-0.2, -0.15) is 5.10 Å². The summed E-state index contributed by atoms with van der Waals surface area (Å²) < 4.78 is 21.7. The average Bonchev–Trinajstić information content (AvgIpc) is 2.71. The van der Waals surface area contributed by atoms with Crippen molar-refractivity contribution in [1.29, 1.82) is 0 Å². The van der Waals surface area contributed by atoms with E-state index in [9.17, 15) is 9.59 Å². The summed E-state index contributed by atoms with van der Waals surface area (Å²) in [5.74, 6) is 0.767. The largest absolute Gasteiger partial charge is 0.493 e. The van der Waals surface area contributed by atoms with Gasteiger partial charge in [-0.15, -0.1) is 0 Å². The van der Waals surface area contributed by atoms with E-state index in [0.717, 1.165) is 0 Å². The average molecular weight is 513 g/mol. The number of nitrogens with zero attached hydrogens (tertiary/aromatic N) is 1. The molecule has 0 aliphatic carbocycles. The van der Waals surface area contributed by atoms with Gasteiger partial charge in [-0.1, -0.05) is 0 Å². The van der Waals surface area contributed by atoms with Crippen LogP contribution in [0.3, 0.4) is 0 Å². The molecule has 0 aliphatic heterocycles. The minimum Gasteiger partial charge on any atom is -0.493 e. The number of benzene rings is 2. The van der Waals surface area contributed by atoms with Crippen LogP contribution < -0.4 is 30.1 Å². The molecule has 0 saturated heterocycles. The standard InChI is InChI=1S/C19H20IN3O6/c1-26-14-5-4-12(8-15(14)27-2)19(25)23-22-9-11-6-13(20)18(16(7-11)28-3)29-10-17(21)24/h4-9H,10H2,1-3H3,(H2,21,24)(H,23,25)/b22-9+. The number of primary amides is 1. The molecule has 0 unspecified atom stereocenters. The summed E-state index contributed by atoms with van der Waals surface area (Å²) in [6, 6.07) is 8.20. The van der Waals surface area contributed by atoms with Gasteiger partial charge in [0, 0.05) is 5.56 Å². The zero-order valence-electron chi connectivity index (χ0n) is 16.0. The van der Waals surface area contributed by atoms with Gasteiger partial charge in [-0.25, -0.2) is 5.43 Å². The molecule has 0 radical (unpaired) electrons. The van der Waals surface area contributed by atoms with Gasteiger partial charge in [0.15, 0.2) is 29.6 Å². The summed E-state index contributed by atoms with van der Waals surface area (Å²) >= 11 is 2.04. The van der Waals surface area contributed by atoms with Gasteiger partial charge in [-0.05, 0) is 58.5 Å². The number of hydrogen-bond donors (Lipinski definition) is 2. The Morgan fingerprint density at radius 3 is 2.38 bits per heavy atom. The number of carbonyl (C=O) groups is 2. The summed E-state index contributed by atoms with van der Waals surface area (Å²) in [6.45, 7) is -0.263. The van der Waals surface area contributed by atoms with Crippen molar-refractivity contribution >= 4 is 40.6 Å². The lowest BCUT2D eigenvalue weighted by Crippen LogP contribution is -2.20. The molecule has 3 N–H and O–H groups in total. The molecule has 2 rings (SSSR count). The summed E-state index contributed by atoms with van der Waals surface area (Å²) in [5.41, 5.74) is 8.57. The molecule has 2 aromatic rings. The number of hydrogen-bond acceptors (Lipinski definition) is 7. The Kier molecular flexibility index (Phi) is 8.07. The van der Waals surface area contributed by atoms with Crippen molar-refractivity contribution < 1.29 is 28.5 Å². The molecule has 0 heterocycles. The molecule has 2 amide bonds. The van der Waals surface area contributed by atoms with Crippen LogP contribution >= 0.6 is 22.6 Å². The van der Waals surface area contributed by atoms with Gasteiger partial charge in [-0.3, -0.25) is 9.59 Å². The molecular weight excluding hydrogens is 493 g/mol. The summed E-state index contributed by atoms with van der Waals surface area (Å²) in [4.78, 5) is 23.2. The molecule has 2 aromatic carbocycles. The highest BCUT2D eigenvalue weighted by Gasteiger charge is 2.13. The molecule has 0 saturated carbocycles. The van der Waals surface area contributed by atoms with Crippen molar-refractivity contribution in [3.63, 3.8) is 0 Å². The van der Waals surface area contributed by atoms with Crippen molar-refractivity contribution in [1.82, 2.24) is 5.43 Å². The van der Waals surface area contributed by atoms with Crippen LogP contribution in [0.1, 0.15) is 15.9 Å². The Balaban J connectivity index is 2.12. The third-order valence-corrected chi connectivity index (χ3v) is 4.44. The van der Waals surface area contributed by atoms with Gasteiger partial charge in [0.2, 0.25) is 0 Å². The number of ether oxygens (including phenoxy) is 4. The minimum atomic E-state index is -0.591. The fourth-order valence-electron chi connectivity index (χ4n) is 2.31. The molecule has 10 heteroatoms. The van der Waals surface area contributed by atoms with Crippen molar-refractivity contribution in [2.24, 2.45) is 10.8 Å². The SMILES string of the molecule is COc1ccc(C(=O)N/N=C/c2cc(I)c(OCC(N)=O)c(OC)c2)cc1OC. The van der Waals surface area contributed by atoms with Gasteiger partial charge in [0.1, 0.15) is 0 Å². The first-order valence-electron chi connectivity index (χ1n) is 8.23. The quantitative estimate of drug-likeness (QED) is 0.301. The van der Waals surface area contributed by atoms with E-state index in [1.165, 1.54) is 27.5 Å². The molecule has 0 spiro atoms. The van der Waals surface area contributed by atoms with Crippen molar-refractivity contribution in [3.05, 3.63) is 45.0 Å². The lowest BCUT2D eigenvalue weighted by molar-refractivity contribution is -0.119. The van der Waals surface area contributed by atoms with Crippen LogP contribution in [0.15, 0.2) is 35.4 Å². The Morgan fingerprint density at radius 2 is 1.76 bits per heavy atom. The normalized spacial score (nSPS) is 10.5. The highest BCUT2D eigenvalue weighted by molar-refractivity contribution is 14.1. The maximum atomic E-state index is 12.3. The number of hydrazone groups is 1. The number of methoxy groups -OCH3 is 3. The summed E-state index contributed by atoms with van der Waals surface area (Å²) in [5, 5.41) is 3.97. The molecule has 0 aliphatic rings. The predicted octanol–water partition coefficient (Wildman–Crippen LogP) is 1.95. The molecule has 0 fully saturated rings. The van der Waals surface area contributed by atoms with E-state index in [1.54, 1.807) is 30.3 Å². The minimum absolute atomic E-state index is 0.263. The van der Waals surface area contributed by atoms with Crippen LogP contribution in [-0.2, 0) is 4.79 Å². The van der Waals surface area contributed by atoms with E-state index in [1.807, 2.05) is 22.6 Å². The van der Waals surface area contributed by atoms with Crippen LogP contribution in [-0.4, -0.2) is 46.0 Å². The van der Waals surface area contributed by atoms with Crippen LogP contribution in [0.2, 0.25) is 0 Å². The Bertz CT molecular complexity index is 932. The van der Waals surface area contributed by atoms with E-state index in [-0.39, 0.29) is 6.61 Å². The number of carbonyl (C=O) groups excluding carboxylic acids is 2. The third-order valence-electron chi connectivity index (χ3n) is 3.64. The van der Waals surface area contributed by atoms with Gasteiger partial charge >= 0.3 is 0 Å². The lowest BCUT2D eigenvalue weighted by Gasteiger charge is -2.12. The molecule has 29 heavy (non-hydrogen) atoms. The Labute approximate surface area is 181 Å². The molecule has 0 aromatic heterocycles. The van der Waals surface area contributed by atoms with Gasteiger partial charge in [0.25, 0.3) is 11.8 Å². The second-order valence-corrected chi connectivity index (χ2v) is 6.72. The highest BCUT2D eigenvalue weighted by atomic mass is 127. The van der Waals surface area contributed by atoms with Crippen LogP contribution in [0.25, 0.3) is 0 Å². The molecule has 0 bridgehead atoms. The smallest absolute Gasteiger partial charge is 0.271 e. The van der Waals surface area contributed by atoms with E-state index in [0.29, 0.717) is 37.7 Å². The summed E-state index contributed by atoms with van der Waals surface area (Å²) in [7, 11) is 4.48. The number of nitrogens with one attached hydrogen (secondary N) is 1. The molecule has 154 valence electrons. The Hall–Kier alpha value is -3.02. The first-order chi connectivity index (χ1) is 13.9. The van der Waals surface area contributed by atoms with E-state index in [4.69, 9.17) is 24.7 Å². The number of amides is 2. The lowest BCUT2D eigenvalue weighted by atomic mass is 10.2. The molecule has 9 nitrogen and oxygen atoms in total. The number of nitrogens with two attached hydrogens (primary N) is 1. The van der Waals surface area contributed by atoms with E-state index < -0.39 is 11.8 Å². The van der Waals surface area contributed by atoms with Crippen molar-refractivity contribution in [3.8, 4) is 23.0 Å². The zero-order chi connectivity index (χ0) is 21.4. The summed E-state index contributed by atoms with van der Waals surface area (Å²) in [6.07, 6.45) is 1.46. The van der Waals surface area contributed by atoms with Gasteiger partial charge < -0.3 is 24.7 Å². The predicted molar refractivity (Wildman–Crippen MR) is 115 cm³/mol. The maximum Gasteiger partial charge on any atom is 0.271 e. The van der Waals surface area contributed by atoms with Crippen LogP contribution in [0, 0.1) is 3.57 Å². The number of halogens is 1. The second kappa shape index (κ2) is 10.5. The highest BCUT2D eigenvalue weighted by Crippen LogP contribution is 2.33. The van der Waals surface area contributed by atoms with Crippen LogP contribution in [0.5, 0.6) is 23.0 Å². The second-order valence-electron chi connectivity index (χ2n) is 5.56. The Morgan fingerprint density at radius 1 is 1.07 bits per heavy atom. The monoisotopic (exact) mass is 513 g/mol. The first kappa shape index (κ1) is 22.3. The molecule has 0 atom stereocenters.